The molecule has 2 rings (SSSR count). The van der Waals surface area contributed by atoms with Crippen LogP contribution in [0.5, 0.6) is 0 Å². The Kier molecular flexibility index (Phi) is 4.85. The van der Waals surface area contributed by atoms with Crippen molar-refractivity contribution in [3.8, 4) is 0 Å². The van der Waals surface area contributed by atoms with E-state index in [1.165, 1.54) is 6.07 Å². The molecular formula is C14H20F2N2O. The number of nitrogens with two attached hydrogens (primary N) is 1. The van der Waals surface area contributed by atoms with Crippen molar-refractivity contribution >= 4 is 0 Å². The first-order valence-corrected chi connectivity index (χ1v) is 6.70. The number of rotatable bonds is 6. The number of aliphatic hydroxyl groups is 1. The summed E-state index contributed by atoms with van der Waals surface area (Å²) in [5, 5.41) is 8.74. The summed E-state index contributed by atoms with van der Waals surface area (Å²) < 4.78 is 27.1. The summed E-state index contributed by atoms with van der Waals surface area (Å²) in [6.07, 6.45) is 2.63. The van der Waals surface area contributed by atoms with Crippen LogP contribution >= 0.6 is 0 Å². The molecule has 0 aromatic heterocycles. The number of hydrogen-bond donors (Lipinski definition) is 2. The molecule has 19 heavy (non-hydrogen) atoms. The number of nitrogens with zero attached hydrogens (tertiary/aromatic N) is 1. The summed E-state index contributed by atoms with van der Waals surface area (Å²) in [5.74, 6) is -1.03. The molecule has 0 aliphatic carbocycles. The van der Waals surface area contributed by atoms with Crippen LogP contribution in [-0.4, -0.2) is 29.7 Å². The van der Waals surface area contributed by atoms with Gasteiger partial charge in [-0.25, -0.2) is 8.78 Å². The molecule has 1 heterocycles. The van der Waals surface area contributed by atoms with Gasteiger partial charge < -0.3 is 10.8 Å². The zero-order chi connectivity index (χ0) is 13.8. The van der Waals surface area contributed by atoms with Crippen LogP contribution in [0.1, 0.15) is 36.4 Å². The minimum absolute atomic E-state index is 0.162. The lowest BCUT2D eigenvalue weighted by atomic mass is 10.0. The Balaban J connectivity index is 2.07. The fraction of sp³-hybridized carbons (Fsp3) is 0.571. The SMILES string of the molecule is NCC1c2c(F)cc(F)cc2CN1CCCCCO. The Morgan fingerprint density at radius 1 is 1.26 bits per heavy atom. The number of benzene rings is 1. The van der Waals surface area contributed by atoms with E-state index in [1.54, 1.807) is 0 Å². The van der Waals surface area contributed by atoms with Gasteiger partial charge >= 0.3 is 0 Å². The third kappa shape index (κ3) is 3.11. The van der Waals surface area contributed by atoms with Gasteiger partial charge in [0.15, 0.2) is 0 Å². The Hall–Kier alpha value is -1.04. The summed E-state index contributed by atoms with van der Waals surface area (Å²) in [6.45, 7) is 1.86. The third-order valence-electron chi connectivity index (χ3n) is 3.65. The van der Waals surface area contributed by atoms with Crippen molar-refractivity contribution in [1.82, 2.24) is 4.90 Å². The lowest BCUT2D eigenvalue weighted by Crippen LogP contribution is -2.29. The highest BCUT2D eigenvalue weighted by atomic mass is 19.1. The molecule has 0 fully saturated rings. The van der Waals surface area contributed by atoms with Crippen LogP contribution in [0.4, 0.5) is 8.78 Å². The van der Waals surface area contributed by atoms with E-state index in [4.69, 9.17) is 10.8 Å². The van der Waals surface area contributed by atoms with Crippen molar-refractivity contribution in [2.75, 3.05) is 19.7 Å². The van der Waals surface area contributed by atoms with Gasteiger partial charge in [0.1, 0.15) is 11.6 Å². The molecule has 0 spiro atoms. The van der Waals surface area contributed by atoms with E-state index < -0.39 is 11.6 Å². The zero-order valence-corrected chi connectivity index (χ0v) is 10.9. The Bertz CT molecular complexity index is 440. The van der Waals surface area contributed by atoms with Crippen molar-refractivity contribution in [3.63, 3.8) is 0 Å². The summed E-state index contributed by atoms with van der Waals surface area (Å²) in [5.41, 5.74) is 6.99. The summed E-state index contributed by atoms with van der Waals surface area (Å²) in [7, 11) is 0. The predicted molar refractivity (Wildman–Crippen MR) is 69.5 cm³/mol. The predicted octanol–water partition coefficient (Wildman–Crippen LogP) is 1.94. The average molecular weight is 270 g/mol. The van der Waals surface area contributed by atoms with E-state index >= 15 is 0 Å². The first-order valence-electron chi connectivity index (χ1n) is 6.70. The topological polar surface area (TPSA) is 49.5 Å². The number of halogens is 2. The van der Waals surface area contributed by atoms with Crippen LogP contribution in [0.15, 0.2) is 12.1 Å². The first kappa shape index (κ1) is 14.4. The van der Waals surface area contributed by atoms with Gasteiger partial charge in [-0.2, -0.15) is 0 Å². The maximum Gasteiger partial charge on any atom is 0.131 e. The van der Waals surface area contributed by atoms with Crippen LogP contribution in [0.2, 0.25) is 0 Å². The van der Waals surface area contributed by atoms with Gasteiger partial charge in [0.25, 0.3) is 0 Å². The Morgan fingerprint density at radius 2 is 2.05 bits per heavy atom. The van der Waals surface area contributed by atoms with Gasteiger partial charge in [0.2, 0.25) is 0 Å². The van der Waals surface area contributed by atoms with Crippen LogP contribution in [-0.2, 0) is 6.54 Å². The number of fused-ring (bicyclic) bond motifs is 1. The molecule has 0 amide bonds. The van der Waals surface area contributed by atoms with Crippen LogP contribution in [0, 0.1) is 11.6 Å². The van der Waals surface area contributed by atoms with E-state index in [0.717, 1.165) is 31.9 Å². The minimum atomic E-state index is -0.533. The third-order valence-corrected chi connectivity index (χ3v) is 3.65. The van der Waals surface area contributed by atoms with Gasteiger partial charge in [-0.05, 0) is 37.4 Å². The molecule has 1 aliphatic heterocycles. The fourth-order valence-electron chi connectivity index (χ4n) is 2.76. The fourth-order valence-corrected chi connectivity index (χ4v) is 2.76. The van der Waals surface area contributed by atoms with Crippen molar-refractivity contribution in [3.05, 3.63) is 34.9 Å². The Labute approximate surface area is 112 Å². The van der Waals surface area contributed by atoms with Crippen molar-refractivity contribution < 1.29 is 13.9 Å². The average Bonchev–Trinajstić information content (AvgIpc) is 2.72. The first-order chi connectivity index (χ1) is 9.17. The molecule has 0 saturated carbocycles. The van der Waals surface area contributed by atoms with Crippen LogP contribution in [0.3, 0.4) is 0 Å². The monoisotopic (exact) mass is 270 g/mol. The quantitative estimate of drug-likeness (QED) is 0.777. The number of aliphatic hydroxyl groups excluding tert-OH is 1. The highest BCUT2D eigenvalue weighted by molar-refractivity contribution is 5.36. The van der Waals surface area contributed by atoms with E-state index in [0.29, 0.717) is 24.2 Å². The molecule has 1 aromatic carbocycles. The molecule has 1 aliphatic rings. The van der Waals surface area contributed by atoms with Gasteiger partial charge in [0.05, 0.1) is 6.04 Å². The molecule has 106 valence electrons. The van der Waals surface area contributed by atoms with Gasteiger partial charge in [-0.15, -0.1) is 0 Å². The molecule has 1 unspecified atom stereocenters. The zero-order valence-electron chi connectivity index (χ0n) is 10.9. The van der Waals surface area contributed by atoms with Gasteiger partial charge in [-0.3, -0.25) is 4.90 Å². The van der Waals surface area contributed by atoms with E-state index in [1.807, 2.05) is 0 Å². The lowest BCUT2D eigenvalue weighted by molar-refractivity contribution is 0.208. The molecule has 3 N–H and O–H groups in total. The van der Waals surface area contributed by atoms with Crippen molar-refractivity contribution in [1.29, 1.82) is 0 Å². The summed E-state index contributed by atoms with van der Waals surface area (Å²) >= 11 is 0. The second-order valence-electron chi connectivity index (χ2n) is 4.97. The normalized spacial score (nSPS) is 18.8. The van der Waals surface area contributed by atoms with Crippen LogP contribution < -0.4 is 5.73 Å². The van der Waals surface area contributed by atoms with Gasteiger partial charge in [-0.1, -0.05) is 0 Å². The number of unbranched alkanes of at least 4 members (excludes halogenated alkanes) is 2. The summed E-state index contributed by atoms with van der Waals surface area (Å²) in [4.78, 5) is 2.09. The second kappa shape index (κ2) is 6.41. The molecule has 1 atom stereocenters. The molecule has 3 nitrogen and oxygen atoms in total. The maximum atomic E-state index is 13.8. The molecule has 0 radical (unpaired) electrons. The standard InChI is InChI=1S/C14H20F2N2O/c15-11-6-10-9-18(4-2-1-3-5-19)13(8-17)14(10)12(16)7-11/h6-7,13,19H,1-5,8-9,17H2. The molecular weight excluding hydrogens is 250 g/mol. The minimum Gasteiger partial charge on any atom is -0.396 e. The maximum absolute atomic E-state index is 13.8. The van der Waals surface area contributed by atoms with Crippen molar-refractivity contribution in [2.45, 2.75) is 31.8 Å². The lowest BCUT2D eigenvalue weighted by Gasteiger charge is -2.23. The summed E-state index contributed by atoms with van der Waals surface area (Å²) in [6, 6.07) is 2.16. The van der Waals surface area contributed by atoms with E-state index in [-0.39, 0.29) is 12.6 Å². The molecule has 1 aromatic rings. The Morgan fingerprint density at radius 3 is 2.74 bits per heavy atom. The highest BCUT2D eigenvalue weighted by Gasteiger charge is 2.31. The van der Waals surface area contributed by atoms with Crippen molar-refractivity contribution in [2.24, 2.45) is 5.73 Å². The van der Waals surface area contributed by atoms with Gasteiger partial charge in [0, 0.05) is 31.3 Å². The highest BCUT2D eigenvalue weighted by Crippen LogP contribution is 2.35. The largest absolute Gasteiger partial charge is 0.396 e. The molecule has 5 heteroatoms. The number of hydrogen-bond acceptors (Lipinski definition) is 3. The smallest absolute Gasteiger partial charge is 0.131 e. The molecule has 0 saturated heterocycles. The second-order valence-corrected chi connectivity index (χ2v) is 4.97. The van der Waals surface area contributed by atoms with Crippen LogP contribution in [0.25, 0.3) is 0 Å². The van der Waals surface area contributed by atoms with E-state index in [2.05, 4.69) is 4.90 Å². The van der Waals surface area contributed by atoms with E-state index in [9.17, 15) is 8.78 Å². The molecule has 0 bridgehead atoms.